The second kappa shape index (κ2) is 9.18. The van der Waals surface area contributed by atoms with Crippen molar-refractivity contribution in [2.45, 2.75) is 19.6 Å². The Morgan fingerprint density at radius 1 is 1.29 bits per heavy atom. The molecule has 7 nitrogen and oxygen atoms in total. The van der Waals surface area contributed by atoms with Crippen molar-refractivity contribution in [3.63, 3.8) is 0 Å². The molecule has 0 bridgehead atoms. The van der Waals surface area contributed by atoms with Crippen molar-refractivity contribution in [1.29, 1.82) is 0 Å². The van der Waals surface area contributed by atoms with Crippen LogP contribution in [0.3, 0.4) is 0 Å². The van der Waals surface area contributed by atoms with Crippen molar-refractivity contribution >= 4 is 27.8 Å². The van der Waals surface area contributed by atoms with Crippen LogP contribution < -0.4 is 10.1 Å². The van der Waals surface area contributed by atoms with Gasteiger partial charge in [0.25, 0.3) is 0 Å². The van der Waals surface area contributed by atoms with Crippen molar-refractivity contribution < 1.29 is 14.3 Å². The van der Waals surface area contributed by atoms with E-state index in [4.69, 9.17) is 9.47 Å². The minimum Gasteiger partial charge on any atom is -0.489 e. The molecular formula is C23H21BrN4O3. The molecule has 1 aromatic heterocycles. The second-order valence-electron chi connectivity index (χ2n) is 6.97. The van der Waals surface area contributed by atoms with Crippen molar-refractivity contribution in [3.8, 4) is 5.75 Å². The molecule has 0 saturated carbocycles. The van der Waals surface area contributed by atoms with Gasteiger partial charge in [0, 0.05) is 10.2 Å². The van der Waals surface area contributed by atoms with Crippen molar-refractivity contribution in [1.82, 2.24) is 14.8 Å². The molecule has 8 heteroatoms. The van der Waals surface area contributed by atoms with Gasteiger partial charge in [-0.05, 0) is 42.3 Å². The van der Waals surface area contributed by atoms with Gasteiger partial charge >= 0.3 is 5.97 Å². The first-order valence-electron chi connectivity index (χ1n) is 9.69. The summed E-state index contributed by atoms with van der Waals surface area (Å²) in [6.07, 6.45) is 2.99. The molecule has 0 amide bonds. The van der Waals surface area contributed by atoms with Gasteiger partial charge in [0.05, 0.1) is 5.57 Å². The average molecular weight is 481 g/mol. The number of halogens is 1. The zero-order chi connectivity index (χ0) is 21.8. The van der Waals surface area contributed by atoms with Crippen LogP contribution >= 0.6 is 15.9 Å². The van der Waals surface area contributed by atoms with Crippen LogP contribution in [0.15, 0.2) is 83.3 Å². The molecule has 0 aliphatic carbocycles. The van der Waals surface area contributed by atoms with E-state index in [0.717, 1.165) is 21.3 Å². The molecule has 2 heterocycles. The fraction of sp³-hybridized carbons (Fsp3) is 0.174. The third-order valence-corrected chi connectivity index (χ3v) is 5.33. The van der Waals surface area contributed by atoms with Gasteiger partial charge in [-0.1, -0.05) is 52.9 Å². The SMILES string of the molecule is C=CCOC(=O)C1=C(C)Nc2ncnn2C1c1ccc(OCc2cccc(Br)c2)cc1. The average Bonchev–Trinajstić information content (AvgIpc) is 3.23. The predicted molar refractivity (Wildman–Crippen MR) is 121 cm³/mol. The van der Waals surface area contributed by atoms with Gasteiger partial charge in [-0.3, -0.25) is 0 Å². The number of allylic oxidation sites excluding steroid dienone is 1. The number of nitrogens with one attached hydrogen (secondary N) is 1. The number of carbonyl (C=O) groups is 1. The van der Waals surface area contributed by atoms with Gasteiger partial charge in [-0.2, -0.15) is 10.1 Å². The molecule has 0 saturated heterocycles. The molecule has 0 radical (unpaired) electrons. The van der Waals surface area contributed by atoms with Crippen LogP contribution in [0.1, 0.15) is 24.1 Å². The highest BCUT2D eigenvalue weighted by Crippen LogP contribution is 2.35. The normalized spacial score (nSPS) is 15.1. The first-order valence-corrected chi connectivity index (χ1v) is 10.5. The number of anilines is 1. The maximum absolute atomic E-state index is 12.8. The number of aromatic nitrogens is 3. The van der Waals surface area contributed by atoms with E-state index in [0.29, 0.717) is 23.8 Å². The number of hydrogen-bond acceptors (Lipinski definition) is 6. The van der Waals surface area contributed by atoms with Crippen LogP contribution in [-0.4, -0.2) is 27.3 Å². The summed E-state index contributed by atoms with van der Waals surface area (Å²) in [4.78, 5) is 17.0. The van der Waals surface area contributed by atoms with Crippen LogP contribution in [0, 0.1) is 0 Å². The predicted octanol–water partition coefficient (Wildman–Crippen LogP) is 4.64. The first-order chi connectivity index (χ1) is 15.1. The summed E-state index contributed by atoms with van der Waals surface area (Å²) in [7, 11) is 0. The molecular weight excluding hydrogens is 460 g/mol. The summed E-state index contributed by atoms with van der Waals surface area (Å²) in [5.41, 5.74) is 3.08. The van der Waals surface area contributed by atoms with E-state index in [-0.39, 0.29) is 6.61 Å². The minimum absolute atomic E-state index is 0.134. The third-order valence-electron chi connectivity index (χ3n) is 4.84. The van der Waals surface area contributed by atoms with Crippen molar-refractivity contribution in [2.75, 3.05) is 11.9 Å². The molecule has 0 spiro atoms. The Balaban J connectivity index is 1.59. The van der Waals surface area contributed by atoms with Gasteiger partial charge in [0.1, 0.15) is 31.3 Å². The van der Waals surface area contributed by atoms with Crippen molar-refractivity contribution in [3.05, 3.63) is 94.4 Å². The van der Waals surface area contributed by atoms with Gasteiger partial charge in [-0.25, -0.2) is 9.48 Å². The summed E-state index contributed by atoms with van der Waals surface area (Å²) in [6, 6.07) is 15.1. The Bertz CT molecular complexity index is 1140. The van der Waals surface area contributed by atoms with Crippen LogP contribution in [0.2, 0.25) is 0 Å². The summed E-state index contributed by atoms with van der Waals surface area (Å²) >= 11 is 3.47. The molecule has 31 heavy (non-hydrogen) atoms. The Morgan fingerprint density at radius 3 is 2.84 bits per heavy atom. The molecule has 1 unspecified atom stereocenters. The zero-order valence-electron chi connectivity index (χ0n) is 16.9. The molecule has 3 aromatic rings. The number of esters is 1. The highest BCUT2D eigenvalue weighted by molar-refractivity contribution is 9.10. The standard InChI is InChI=1S/C23H21BrN4O3/c1-3-11-30-22(29)20-15(2)27-23-25-14-26-28(23)21(20)17-7-9-19(10-8-17)31-13-16-5-4-6-18(24)12-16/h3-10,12,14,21H,1,11,13H2,2H3,(H,25,26,27). The van der Waals surface area contributed by atoms with Crippen molar-refractivity contribution in [2.24, 2.45) is 0 Å². The molecule has 4 rings (SSSR count). The van der Waals surface area contributed by atoms with E-state index in [9.17, 15) is 4.79 Å². The number of hydrogen-bond donors (Lipinski definition) is 1. The Hall–Kier alpha value is -3.39. The highest BCUT2D eigenvalue weighted by Gasteiger charge is 2.34. The number of nitrogens with zero attached hydrogens (tertiary/aromatic N) is 3. The Kier molecular flexibility index (Phi) is 6.18. The minimum atomic E-state index is -0.463. The van der Waals surface area contributed by atoms with Crippen LogP contribution in [0.25, 0.3) is 0 Å². The van der Waals surface area contributed by atoms with E-state index in [1.165, 1.54) is 12.4 Å². The molecule has 158 valence electrons. The number of fused-ring (bicyclic) bond motifs is 1. The van der Waals surface area contributed by atoms with Gasteiger partial charge in [-0.15, -0.1) is 0 Å². The number of ether oxygens (including phenoxy) is 2. The number of rotatable bonds is 7. The van der Waals surface area contributed by atoms with E-state index in [1.54, 1.807) is 4.68 Å². The Morgan fingerprint density at radius 2 is 2.10 bits per heavy atom. The summed E-state index contributed by atoms with van der Waals surface area (Å²) in [6.45, 7) is 6.02. The number of benzene rings is 2. The van der Waals surface area contributed by atoms with Crippen LogP contribution in [0.5, 0.6) is 5.75 Å². The molecule has 1 aliphatic rings. The smallest absolute Gasteiger partial charge is 0.338 e. The van der Waals surface area contributed by atoms with Gasteiger partial charge in [0.15, 0.2) is 0 Å². The maximum atomic E-state index is 12.8. The largest absolute Gasteiger partial charge is 0.489 e. The van der Waals surface area contributed by atoms with Gasteiger partial charge < -0.3 is 14.8 Å². The molecule has 1 N–H and O–H groups in total. The first kappa shape index (κ1) is 20.9. The fourth-order valence-corrected chi connectivity index (χ4v) is 3.86. The maximum Gasteiger partial charge on any atom is 0.338 e. The van der Waals surface area contributed by atoms with E-state index in [2.05, 4.69) is 37.9 Å². The highest BCUT2D eigenvalue weighted by atomic mass is 79.9. The van der Waals surface area contributed by atoms with E-state index in [1.807, 2.05) is 55.5 Å². The van der Waals surface area contributed by atoms with Crippen LogP contribution in [-0.2, 0) is 16.1 Å². The monoisotopic (exact) mass is 480 g/mol. The van der Waals surface area contributed by atoms with Gasteiger partial charge in [0.2, 0.25) is 5.95 Å². The lowest BCUT2D eigenvalue weighted by Gasteiger charge is -2.28. The molecule has 0 fully saturated rings. The summed E-state index contributed by atoms with van der Waals surface area (Å²) in [5, 5.41) is 7.43. The second-order valence-corrected chi connectivity index (χ2v) is 7.88. The lowest BCUT2D eigenvalue weighted by atomic mass is 9.96. The zero-order valence-corrected chi connectivity index (χ0v) is 18.5. The quantitative estimate of drug-likeness (QED) is 0.392. The fourth-order valence-electron chi connectivity index (χ4n) is 3.42. The lowest BCUT2D eigenvalue weighted by molar-refractivity contribution is -0.138. The van der Waals surface area contributed by atoms with E-state index >= 15 is 0 Å². The lowest BCUT2D eigenvalue weighted by Crippen LogP contribution is -2.29. The topological polar surface area (TPSA) is 78.3 Å². The molecule has 2 aromatic carbocycles. The van der Waals surface area contributed by atoms with E-state index < -0.39 is 12.0 Å². The number of carbonyl (C=O) groups excluding carboxylic acids is 1. The Labute approximate surface area is 188 Å². The summed E-state index contributed by atoms with van der Waals surface area (Å²) < 4.78 is 13.9. The van der Waals surface area contributed by atoms with Crippen LogP contribution in [0.4, 0.5) is 5.95 Å². The third kappa shape index (κ3) is 4.54. The molecule has 1 aliphatic heterocycles. The molecule has 1 atom stereocenters. The summed E-state index contributed by atoms with van der Waals surface area (Å²) in [5.74, 6) is 0.872.